The maximum Gasteiger partial charge on any atom is 0.451 e. The number of carbonyl (C=O) groups is 1. The number of nitrogens with two attached hydrogens (primary N) is 1. The summed E-state index contributed by atoms with van der Waals surface area (Å²) in [6, 6.07) is 3.99. The topological polar surface area (TPSA) is 125 Å². The third-order valence-corrected chi connectivity index (χ3v) is 5.43. The van der Waals surface area contributed by atoms with Crippen molar-refractivity contribution in [1.29, 1.82) is 0 Å². The summed E-state index contributed by atoms with van der Waals surface area (Å²) in [6.45, 7) is 2.12. The maximum atomic E-state index is 11.7. The summed E-state index contributed by atoms with van der Waals surface area (Å²) < 4.78 is 10.7. The Labute approximate surface area is 190 Å². The first-order valence-corrected chi connectivity index (χ1v) is 9.63. The Balaban J connectivity index is 0.00000420. The van der Waals surface area contributed by atoms with E-state index in [1.54, 1.807) is 14.2 Å². The molecule has 1 heterocycles. The lowest BCUT2D eigenvalue weighted by molar-refractivity contribution is -0.144. The monoisotopic (exact) mass is 466 g/mol. The first kappa shape index (κ1) is 28.8. The van der Waals surface area contributed by atoms with Crippen molar-refractivity contribution in [3.8, 4) is 11.5 Å². The number of nitrogens with zero attached hydrogens (tertiary/aromatic N) is 1. The second-order valence-electron chi connectivity index (χ2n) is 7.44. The van der Waals surface area contributed by atoms with Crippen molar-refractivity contribution in [1.82, 2.24) is 4.90 Å². The third kappa shape index (κ3) is 7.79. The number of ether oxygens (including phenoxy) is 2. The van der Waals surface area contributed by atoms with Crippen LogP contribution in [0, 0.1) is 0 Å². The first-order chi connectivity index (χ1) is 13.3. The molecule has 1 aliphatic heterocycles. The molecule has 0 aliphatic carbocycles. The Bertz CT molecular complexity index is 683. The Kier molecular flexibility index (Phi) is 12.7. The van der Waals surface area contributed by atoms with E-state index in [0.29, 0.717) is 44.5 Å². The van der Waals surface area contributed by atoms with Crippen molar-refractivity contribution in [3.63, 3.8) is 0 Å². The number of rotatable bonds is 11. The second-order valence-corrected chi connectivity index (χ2v) is 7.44. The van der Waals surface area contributed by atoms with Gasteiger partial charge in [-0.2, -0.15) is 0 Å². The van der Waals surface area contributed by atoms with Crippen molar-refractivity contribution in [3.05, 3.63) is 23.3 Å². The van der Waals surface area contributed by atoms with Crippen LogP contribution >= 0.6 is 24.8 Å². The molecule has 0 spiro atoms. The molecule has 2 rings (SSSR count). The lowest BCUT2D eigenvalue weighted by Crippen LogP contribution is -2.50. The summed E-state index contributed by atoms with van der Waals surface area (Å²) in [7, 11) is 1.87. The minimum Gasteiger partial charge on any atom is -0.493 e. The molecule has 0 saturated carbocycles. The number of hydrogen-bond donors (Lipinski definition) is 4. The van der Waals surface area contributed by atoms with Gasteiger partial charge in [-0.05, 0) is 48.8 Å². The van der Waals surface area contributed by atoms with E-state index >= 15 is 0 Å². The third-order valence-electron chi connectivity index (χ3n) is 5.43. The summed E-state index contributed by atoms with van der Waals surface area (Å²) in [5.41, 5.74) is 7.23. The molecule has 8 nitrogen and oxygen atoms in total. The Hall–Kier alpha value is -1.23. The van der Waals surface area contributed by atoms with Crippen LogP contribution in [0.5, 0.6) is 11.5 Å². The average Bonchev–Trinajstić information content (AvgIpc) is 2.68. The molecular formula is C19H33BCl2N2O6. The molecule has 0 fully saturated rings. The number of hydrogen-bond acceptors (Lipinski definition) is 7. The number of halogens is 2. The molecule has 1 unspecified atom stereocenters. The zero-order valence-electron chi connectivity index (χ0n) is 17.5. The van der Waals surface area contributed by atoms with Crippen LogP contribution in [0.1, 0.15) is 36.8 Å². The summed E-state index contributed by atoms with van der Waals surface area (Å²) in [5, 5.41) is 27.4. The highest BCUT2D eigenvalue weighted by Crippen LogP contribution is 2.33. The van der Waals surface area contributed by atoms with Gasteiger partial charge in [0.1, 0.15) is 5.54 Å². The van der Waals surface area contributed by atoms with Crippen LogP contribution in [0.4, 0.5) is 0 Å². The van der Waals surface area contributed by atoms with Gasteiger partial charge < -0.3 is 30.4 Å². The Morgan fingerprint density at radius 2 is 1.73 bits per heavy atom. The van der Waals surface area contributed by atoms with Crippen molar-refractivity contribution >= 4 is 37.9 Å². The van der Waals surface area contributed by atoms with Gasteiger partial charge in [0, 0.05) is 19.6 Å². The lowest BCUT2D eigenvalue weighted by Gasteiger charge is -2.32. The molecule has 0 amide bonds. The average molecular weight is 467 g/mol. The van der Waals surface area contributed by atoms with Crippen LogP contribution < -0.4 is 15.2 Å². The van der Waals surface area contributed by atoms with E-state index in [9.17, 15) is 9.90 Å². The number of carboxylic acid groups (broad SMARTS) is 1. The van der Waals surface area contributed by atoms with E-state index in [0.717, 1.165) is 24.3 Å². The number of methoxy groups -OCH3 is 2. The van der Waals surface area contributed by atoms with E-state index in [2.05, 4.69) is 4.90 Å². The number of carboxylic acids is 1. The van der Waals surface area contributed by atoms with Crippen molar-refractivity contribution in [2.75, 3.05) is 27.3 Å². The molecule has 1 aromatic carbocycles. The Morgan fingerprint density at radius 1 is 1.13 bits per heavy atom. The normalized spacial score (nSPS) is 15.1. The van der Waals surface area contributed by atoms with Crippen molar-refractivity contribution in [2.45, 2.75) is 50.5 Å². The molecule has 11 heteroatoms. The van der Waals surface area contributed by atoms with E-state index in [1.165, 1.54) is 5.56 Å². The molecule has 1 aromatic rings. The quantitative estimate of drug-likeness (QED) is 0.287. The van der Waals surface area contributed by atoms with Crippen LogP contribution in [0.25, 0.3) is 0 Å². The summed E-state index contributed by atoms with van der Waals surface area (Å²) in [4.78, 5) is 13.9. The summed E-state index contributed by atoms with van der Waals surface area (Å²) in [5.74, 6) is 0.392. The molecule has 0 bridgehead atoms. The molecule has 172 valence electrons. The largest absolute Gasteiger partial charge is 0.493 e. The molecule has 0 saturated heterocycles. The fourth-order valence-corrected chi connectivity index (χ4v) is 3.60. The lowest BCUT2D eigenvalue weighted by atomic mass is 9.81. The highest BCUT2D eigenvalue weighted by Gasteiger charge is 2.34. The van der Waals surface area contributed by atoms with Crippen molar-refractivity contribution < 1.29 is 29.4 Å². The predicted molar refractivity (Wildman–Crippen MR) is 121 cm³/mol. The fraction of sp³-hybridized carbons (Fsp3) is 0.632. The maximum absolute atomic E-state index is 11.7. The van der Waals surface area contributed by atoms with Gasteiger partial charge in [-0.3, -0.25) is 9.69 Å². The van der Waals surface area contributed by atoms with Gasteiger partial charge >= 0.3 is 13.1 Å². The molecule has 1 aliphatic rings. The van der Waals surface area contributed by atoms with Crippen LogP contribution in [-0.4, -0.2) is 66.0 Å². The van der Waals surface area contributed by atoms with Crippen LogP contribution in [0.2, 0.25) is 6.32 Å². The molecule has 0 aromatic heterocycles. The van der Waals surface area contributed by atoms with E-state index in [-0.39, 0.29) is 31.1 Å². The zero-order valence-corrected chi connectivity index (χ0v) is 19.1. The fourth-order valence-electron chi connectivity index (χ4n) is 3.60. The second kappa shape index (κ2) is 13.2. The molecule has 0 radical (unpaired) electrons. The smallest absolute Gasteiger partial charge is 0.451 e. The van der Waals surface area contributed by atoms with Crippen molar-refractivity contribution in [2.24, 2.45) is 5.73 Å². The number of fused-ring (bicyclic) bond motifs is 1. The van der Waals surface area contributed by atoms with E-state index in [4.69, 9.17) is 25.3 Å². The van der Waals surface area contributed by atoms with Crippen LogP contribution in [0.3, 0.4) is 0 Å². The molecule has 1 atom stereocenters. The van der Waals surface area contributed by atoms with Crippen LogP contribution in [-0.2, 0) is 17.8 Å². The summed E-state index contributed by atoms with van der Waals surface area (Å²) in [6.07, 6.45) is 2.80. The van der Waals surface area contributed by atoms with Crippen LogP contribution in [0.15, 0.2) is 12.1 Å². The highest BCUT2D eigenvalue weighted by atomic mass is 35.5. The number of benzene rings is 1. The first-order valence-electron chi connectivity index (χ1n) is 9.63. The minimum absolute atomic E-state index is 0. The van der Waals surface area contributed by atoms with E-state index in [1.807, 2.05) is 12.1 Å². The Morgan fingerprint density at radius 3 is 2.27 bits per heavy atom. The molecule has 30 heavy (non-hydrogen) atoms. The minimum atomic E-state index is -1.36. The molecule has 5 N–H and O–H groups in total. The highest BCUT2D eigenvalue weighted by molar-refractivity contribution is 6.40. The van der Waals surface area contributed by atoms with Gasteiger partial charge in [0.2, 0.25) is 0 Å². The van der Waals surface area contributed by atoms with Gasteiger partial charge in [0.15, 0.2) is 11.5 Å². The standard InChI is InChI=1S/C19H31BN2O6.2ClH/c1-27-16-11-14-5-9-22(13-15(14)12-17(16)28-2)10-7-19(21,18(23)24)6-3-4-8-20(25)26;;/h11-12,25-26H,3-10,13,21H2,1-2H3,(H,23,24);2*1H. The number of aliphatic carboxylic acids is 1. The zero-order chi connectivity index (χ0) is 20.7. The SMILES string of the molecule is COc1cc2c(cc1OC)CN(CCC(N)(CCCCB(O)O)C(=O)O)CC2.Cl.Cl. The van der Waals surface area contributed by atoms with Gasteiger partial charge in [-0.25, -0.2) is 0 Å². The number of unbranched alkanes of at least 4 members (excludes halogenated alkanes) is 1. The van der Waals surface area contributed by atoms with Gasteiger partial charge in [-0.1, -0.05) is 12.8 Å². The van der Waals surface area contributed by atoms with Gasteiger partial charge in [-0.15, -0.1) is 24.8 Å². The summed E-state index contributed by atoms with van der Waals surface area (Å²) >= 11 is 0. The molecular weight excluding hydrogens is 434 g/mol. The predicted octanol–water partition coefficient (Wildman–Crippen LogP) is 1.72. The van der Waals surface area contributed by atoms with E-state index < -0.39 is 18.6 Å². The van der Waals surface area contributed by atoms with Gasteiger partial charge in [0.05, 0.1) is 14.2 Å². The van der Waals surface area contributed by atoms with Gasteiger partial charge in [0.25, 0.3) is 0 Å².